The van der Waals surface area contributed by atoms with E-state index in [2.05, 4.69) is 21.0 Å². The third kappa shape index (κ3) is 7.52. The molecule has 3 N–H and O–H groups in total. The Morgan fingerprint density at radius 1 is 1.13 bits per heavy atom. The molecule has 2 aromatic rings. The predicted octanol–water partition coefficient (Wildman–Crippen LogP) is -3.99. The Balaban J connectivity index is -0.00000210. The van der Waals surface area contributed by atoms with E-state index in [0.29, 0.717) is 24.8 Å². The largest absolute Gasteiger partial charge is 1.00 e. The fraction of sp³-hybridized carbons (Fsp3) is 0.400. The van der Waals surface area contributed by atoms with Gasteiger partial charge in [0.1, 0.15) is 10.6 Å². The molecule has 10 nitrogen and oxygen atoms in total. The second-order valence-electron chi connectivity index (χ2n) is 6.53. The molecule has 0 spiro atoms. The van der Waals surface area contributed by atoms with Gasteiger partial charge in [-0.05, 0) is 48.8 Å². The standard InChI is InChI=1S/C15H19BrN2O8S2.2Na.2H/c1-4-26-15(2,3)8-9-5-13(19)18(17-9)14-11(16)6-10(27(20,21)22)7-12(14)28(23,24)25;;;;/h5-7,17H,4,8H2,1-3H3,(H,20,21,22)(H,23,24,25);;;;/q;2*+1;2*-1. The van der Waals surface area contributed by atoms with Gasteiger partial charge in [0.25, 0.3) is 25.8 Å². The van der Waals surface area contributed by atoms with Crippen molar-refractivity contribution in [1.29, 1.82) is 0 Å². The molecule has 1 aromatic heterocycles. The van der Waals surface area contributed by atoms with Crippen LogP contribution in [0.4, 0.5) is 0 Å². The van der Waals surface area contributed by atoms with Crippen molar-refractivity contribution < 1.29 is 92.6 Å². The maximum Gasteiger partial charge on any atom is 1.00 e. The van der Waals surface area contributed by atoms with Crippen LogP contribution in [-0.2, 0) is 31.4 Å². The van der Waals surface area contributed by atoms with Gasteiger partial charge in [-0.1, -0.05) is 0 Å². The van der Waals surface area contributed by atoms with Crippen molar-refractivity contribution in [3.8, 4) is 5.69 Å². The van der Waals surface area contributed by atoms with Gasteiger partial charge < -0.3 is 7.59 Å². The van der Waals surface area contributed by atoms with Gasteiger partial charge in [-0.25, -0.2) is 4.68 Å². The summed E-state index contributed by atoms with van der Waals surface area (Å²) in [4.78, 5) is 10.8. The van der Waals surface area contributed by atoms with E-state index in [-0.39, 0.29) is 72.1 Å². The SMILES string of the molecule is CCOC(C)(C)Cc1cc(=O)n(-c2c(Br)cc(S(=O)(=O)O)cc2S(=O)(=O)O)[nH]1.[H-].[H-].[Na+].[Na+]. The zero-order chi connectivity index (χ0) is 21.5. The fourth-order valence-electron chi connectivity index (χ4n) is 2.71. The topological polar surface area (TPSA) is 156 Å². The number of benzene rings is 1. The number of hydrogen-bond donors (Lipinski definition) is 3. The number of hydrogen-bond acceptors (Lipinski definition) is 6. The number of rotatable bonds is 7. The van der Waals surface area contributed by atoms with E-state index in [4.69, 9.17) is 4.74 Å². The summed E-state index contributed by atoms with van der Waals surface area (Å²) in [6, 6.07) is 2.70. The van der Waals surface area contributed by atoms with Gasteiger partial charge in [0.2, 0.25) is 0 Å². The van der Waals surface area contributed by atoms with E-state index in [0.717, 1.165) is 10.7 Å². The van der Waals surface area contributed by atoms with Crippen molar-refractivity contribution in [3.63, 3.8) is 0 Å². The van der Waals surface area contributed by atoms with Crippen LogP contribution in [0, 0.1) is 0 Å². The molecule has 15 heteroatoms. The minimum absolute atomic E-state index is 0. The molecule has 0 amide bonds. The van der Waals surface area contributed by atoms with Crippen molar-refractivity contribution in [2.45, 2.75) is 42.6 Å². The normalized spacial score (nSPS) is 12.2. The molecule has 0 aliphatic rings. The van der Waals surface area contributed by atoms with Crippen LogP contribution in [0.2, 0.25) is 0 Å². The first-order valence-corrected chi connectivity index (χ1v) is 11.6. The van der Waals surface area contributed by atoms with E-state index in [1.54, 1.807) is 0 Å². The third-order valence-electron chi connectivity index (χ3n) is 3.73. The monoisotopic (exact) mass is 546 g/mol. The minimum Gasteiger partial charge on any atom is -1.00 e. The first-order chi connectivity index (χ1) is 12.7. The van der Waals surface area contributed by atoms with Crippen LogP contribution in [0.5, 0.6) is 0 Å². The Hall–Kier alpha value is 0.490. The summed E-state index contributed by atoms with van der Waals surface area (Å²) in [7, 11) is -9.71. The summed E-state index contributed by atoms with van der Waals surface area (Å²) >= 11 is 2.99. The molecule has 0 aliphatic heterocycles. The zero-order valence-electron chi connectivity index (χ0n) is 19.1. The van der Waals surface area contributed by atoms with E-state index in [9.17, 15) is 30.7 Å². The Morgan fingerprint density at radius 3 is 2.17 bits per heavy atom. The minimum atomic E-state index is -4.95. The molecular weight excluding hydrogens is 526 g/mol. The third-order valence-corrected chi connectivity index (χ3v) is 6.03. The number of H-pyrrole nitrogens is 1. The van der Waals surface area contributed by atoms with Gasteiger partial charge in [0.15, 0.2) is 0 Å². The molecule has 2 rings (SSSR count). The van der Waals surface area contributed by atoms with Gasteiger partial charge in [-0.15, -0.1) is 0 Å². The van der Waals surface area contributed by atoms with Gasteiger partial charge in [-0.3, -0.25) is 19.0 Å². The number of halogens is 1. The quantitative estimate of drug-likeness (QED) is 0.234. The number of ether oxygens (including phenoxy) is 1. The average Bonchev–Trinajstić information content (AvgIpc) is 2.83. The number of aromatic nitrogens is 2. The molecule has 0 fully saturated rings. The van der Waals surface area contributed by atoms with Crippen molar-refractivity contribution in [1.82, 2.24) is 9.78 Å². The second kappa shape index (κ2) is 11.1. The van der Waals surface area contributed by atoms with Crippen LogP contribution in [0.15, 0.2) is 37.3 Å². The summed E-state index contributed by atoms with van der Waals surface area (Å²) in [6.07, 6.45) is 0.297. The van der Waals surface area contributed by atoms with Crippen LogP contribution in [0.3, 0.4) is 0 Å². The van der Waals surface area contributed by atoms with Crippen molar-refractivity contribution in [2.75, 3.05) is 6.61 Å². The Kier molecular flexibility index (Phi) is 11.3. The summed E-state index contributed by atoms with van der Waals surface area (Å²) < 4.78 is 71.3. The summed E-state index contributed by atoms with van der Waals surface area (Å²) in [5, 5.41) is 2.73. The molecule has 1 heterocycles. The summed E-state index contributed by atoms with van der Waals surface area (Å²) in [5.74, 6) is 0. The molecule has 1 aromatic carbocycles. The molecule has 0 atom stereocenters. The molecule has 0 unspecified atom stereocenters. The van der Waals surface area contributed by atoms with Gasteiger partial charge in [0.05, 0.1) is 10.5 Å². The Bertz CT molecular complexity index is 1180. The van der Waals surface area contributed by atoms with Crippen LogP contribution in [0.1, 0.15) is 29.3 Å². The van der Waals surface area contributed by atoms with Crippen LogP contribution in [-0.4, -0.2) is 47.9 Å². The average molecular weight is 547 g/mol. The van der Waals surface area contributed by atoms with Crippen molar-refractivity contribution in [3.05, 3.63) is 38.7 Å². The van der Waals surface area contributed by atoms with E-state index >= 15 is 0 Å². The van der Waals surface area contributed by atoms with Crippen LogP contribution in [0.25, 0.3) is 5.69 Å². The van der Waals surface area contributed by atoms with Crippen LogP contribution >= 0.6 is 15.9 Å². The zero-order valence-corrected chi connectivity index (χ0v) is 24.4. The maximum absolute atomic E-state index is 12.4. The molecule has 0 bridgehead atoms. The van der Waals surface area contributed by atoms with Gasteiger partial charge >= 0.3 is 59.1 Å². The number of nitrogens with one attached hydrogen (secondary N) is 1. The Morgan fingerprint density at radius 2 is 1.70 bits per heavy atom. The van der Waals surface area contributed by atoms with E-state index in [1.807, 2.05) is 20.8 Å². The molecule has 160 valence electrons. The van der Waals surface area contributed by atoms with Gasteiger partial charge in [-0.2, -0.15) is 16.8 Å². The first kappa shape index (κ1) is 30.5. The second-order valence-corrected chi connectivity index (χ2v) is 10.2. The number of aromatic amines is 1. The van der Waals surface area contributed by atoms with E-state index < -0.39 is 41.2 Å². The van der Waals surface area contributed by atoms with E-state index in [1.165, 1.54) is 6.07 Å². The van der Waals surface area contributed by atoms with Gasteiger partial charge in [0, 0.05) is 29.3 Å². The fourth-order valence-corrected chi connectivity index (χ4v) is 4.96. The predicted molar refractivity (Wildman–Crippen MR) is 105 cm³/mol. The molecule has 0 saturated heterocycles. The molecule has 30 heavy (non-hydrogen) atoms. The first-order valence-electron chi connectivity index (χ1n) is 7.89. The number of nitrogens with zero attached hydrogens (tertiary/aromatic N) is 1. The summed E-state index contributed by atoms with van der Waals surface area (Å²) in [5.41, 5.74) is -1.16. The van der Waals surface area contributed by atoms with Crippen molar-refractivity contribution >= 4 is 36.2 Å². The van der Waals surface area contributed by atoms with Crippen LogP contribution < -0.4 is 64.7 Å². The smallest absolute Gasteiger partial charge is 1.00 e. The van der Waals surface area contributed by atoms with Crippen molar-refractivity contribution in [2.24, 2.45) is 0 Å². The molecule has 0 aliphatic carbocycles. The summed E-state index contributed by atoms with van der Waals surface area (Å²) in [6.45, 7) is 5.90. The maximum atomic E-state index is 12.4. The molecular formula is C15H21BrN2Na2O8S2. The Labute approximate surface area is 229 Å². The molecule has 0 saturated carbocycles. The molecule has 0 radical (unpaired) electrons.